The molecule has 3 rings (SSSR count). The first kappa shape index (κ1) is 15.0. The Hall–Kier alpha value is -1.94. The molecule has 1 aromatic carbocycles. The van der Waals surface area contributed by atoms with Gasteiger partial charge in [-0.1, -0.05) is 30.2 Å². The molecule has 1 N–H and O–H groups in total. The average molecular weight is 316 g/mol. The van der Waals surface area contributed by atoms with Crippen LogP contribution in [-0.2, 0) is 11.2 Å². The number of carbonyl (C=O) groups is 1. The van der Waals surface area contributed by atoms with Crippen LogP contribution in [0.3, 0.4) is 0 Å². The lowest BCUT2D eigenvalue weighted by molar-refractivity contribution is -0.121. The number of rotatable bonds is 5. The van der Waals surface area contributed by atoms with Gasteiger partial charge in [0.1, 0.15) is 6.33 Å². The first-order valence-corrected chi connectivity index (χ1v) is 7.89. The predicted molar refractivity (Wildman–Crippen MR) is 85.4 cm³/mol. The van der Waals surface area contributed by atoms with E-state index in [0.717, 1.165) is 24.0 Å². The van der Waals surface area contributed by atoms with Crippen molar-refractivity contribution >= 4 is 17.5 Å². The molecule has 2 aromatic rings. The molecular formula is C17H18ClN3O. The van der Waals surface area contributed by atoms with Crippen LogP contribution < -0.4 is 5.32 Å². The highest BCUT2D eigenvalue weighted by Crippen LogP contribution is 2.38. The Morgan fingerprint density at radius 2 is 1.91 bits per heavy atom. The third kappa shape index (κ3) is 3.63. The standard InChI is InChI=1S/C17H18ClN3O/c18-15-6-4-14(5-7-15)17(13-2-1-3-13)21-16(22)8-12-9-19-11-20-10-12/h4-7,9-11,13,17H,1-3,8H2,(H,21,22)/t17-/m1/s1. The van der Waals surface area contributed by atoms with Gasteiger partial charge in [-0.25, -0.2) is 9.97 Å². The van der Waals surface area contributed by atoms with Crippen LogP contribution in [0.1, 0.15) is 36.4 Å². The Kier molecular flexibility index (Phi) is 4.68. The molecule has 22 heavy (non-hydrogen) atoms. The quantitative estimate of drug-likeness (QED) is 0.920. The average Bonchev–Trinajstić information content (AvgIpc) is 2.46. The smallest absolute Gasteiger partial charge is 0.225 e. The van der Waals surface area contributed by atoms with Crippen molar-refractivity contribution in [2.75, 3.05) is 0 Å². The van der Waals surface area contributed by atoms with E-state index in [4.69, 9.17) is 11.6 Å². The van der Waals surface area contributed by atoms with Crippen LogP contribution in [0.5, 0.6) is 0 Å². The summed E-state index contributed by atoms with van der Waals surface area (Å²) in [6, 6.07) is 7.80. The van der Waals surface area contributed by atoms with Gasteiger partial charge in [0.15, 0.2) is 0 Å². The van der Waals surface area contributed by atoms with Crippen molar-refractivity contribution in [3.8, 4) is 0 Å². The molecule has 1 aliphatic carbocycles. The maximum absolute atomic E-state index is 12.3. The largest absolute Gasteiger partial charge is 0.349 e. The van der Waals surface area contributed by atoms with E-state index in [2.05, 4.69) is 15.3 Å². The van der Waals surface area contributed by atoms with E-state index in [9.17, 15) is 4.79 Å². The van der Waals surface area contributed by atoms with Crippen LogP contribution in [0.25, 0.3) is 0 Å². The number of nitrogens with one attached hydrogen (secondary N) is 1. The Bertz CT molecular complexity index is 626. The number of carbonyl (C=O) groups excluding carboxylic acids is 1. The molecule has 0 aliphatic heterocycles. The molecule has 1 aromatic heterocycles. The molecule has 0 radical (unpaired) electrons. The number of hydrogen-bond donors (Lipinski definition) is 1. The first-order chi connectivity index (χ1) is 10.7. The molecule has 0 bridgehead atoms. The van der Waals surface area contributed by atoms with E-state index in [1.54, 1.807) is 12.4 Å². The Morgan fingerprint density at radius 3 is 2.50 bits per heavy atom. The molecule has 1 atom stereocenters. The molecule has 1 fully saturated rings. The Labute approximate surface area is 134 Å². The maximum atomic E-state index is 12.3. The summed E-state index contributed by atoms with van der Waals surface area (Å²) in [7, 11) is 0. The number of aromatic nitrogens is 2. The zero-order valence-electron chi connectivity index (χ0n) is 12.2. The minimum atomic E-state index is 0.00153. The topological polar surface area (TPSA) is 54.9 Å². The van der Waals surface area contributed by atoms with Gasteiger partial charge in [-0.05, 0) is 42.0 Å². The second-order valence-electron chi connectivity index (χ2n) is 5.71. The SMILES string of the molecule is O=C(Cc1cncnc1)N[C@@H](c1ccc(Cl)cc1)C1CCC1. The van der Waals surface area contributed by atoms with Gasteiger partial charge in [0.2, 0.25) is 5.91 Å². The van der Waals surface area contributed by atoms with Crippen LogP contribution >= 0.6 is 11.6 Å². The first-order valence-electron chi connectivity index (χ1n) is 7.51. The van der Waals surface area contributed by atoms with Crippen molar-refractivity contribution < 1.29 is 4.79 Å². The summed E-state index contributed by atoms with van der Waals surface area (Å²) < 4.78 is 0. The highest BCUT2D eigenvalue weighted by molar-refractivity contribution is 6.30. The molecule has 4 nitrogen and oxygen atoms in total. The van der Waals surface area contributed by atoms with Gasteiger partial charge in [0.25, 0.3) is 0 Å². The summed E-state index contributed by atoms with van der Waals surface area (Å²) in [6.45, 7) is 0. The number of benzene rings is 1. The van der Waals surface area contributed by atoms with Crippen LogP contribution in [0.2, 0.25) is 5.02 Å². The monoisotopic (exact) mass is 315 g/mol. The molecule has 114 valence electrons. The summed E-state index contributed by atoms with van der Waals surface area (Å²) >= 11 is 5.96. The van der Waals surface area contributed by atoms with Gasteiger partial charge in [-0.2, -0.15) is 0 Å². The number of hydrogen-bond acceptors (Lipinski definition) is 3. The lowest BCUT2D eigenvalue weighted by Gasteiger charge is -2.34. The van der Waals surface area contributed by atoms with Crippen LogP contribution in [0.4, 0.5) is 0 Å². The molecular weight excluding hydrogens is 298 g/mol. The van der Waals surface area contributed by atoms with Crippen LogP contribution in [-0.4, -0.2) is 15.9 Å². The predicted octanol–water partition coefficient (Wildman–Crippen LogP) is 3.33. The lowest BCUT2D eigenvalue weighted by Crippen LogP contribution is -2.37. The van der Waals surface area contributed by atoms with E-state index >= 15 is 0 Å². The fourth-order valence-electron chi connectivity index (χ4n) is 2.75. The van der Waals surface area contributed by atoms with Gasteiger partial charge < -0.3 is 5.32 Å². The Balaban J connectivity index is 1.70. The van der Waals surface area contributed by atoms with E-state index in [1.165, 1.54) is 12.7 Å². The van der Waals surface area contributed by atoms with E-state index in [0.29, 0.717) is 17.4 Å². The van der Waals surface area contributed by atoms with Crippen molar-refractivity contribution in [2.45, 2.75) is 31.7 Å². The summed E-state index contributed by atoms with van der Waals surface area (Å²) in [5.74, 6) is 0.513. The van der Waals surface area contributed by atoms with Crippen molar-refractivity contribution in [1.82, 2.24) is 15.3 Å². The molecule has 1 saturated carbocycles. The fraction of sp³-hybridized carbons (Fsp3) is 0.353. The second-order valence-corrected chi connectivity index (χ2v) is 6.15. The van der Waals surface area contributed by atoms with Crippen molar-refractivity contribution in [2.24, 2.45) is 5.92 Å². The minimum Gasteiger partial charge on any atom is -0.349 e. The molecule has 1 aliphatic rings. The molecule has 1 heterocycles. The van der Waals surface area contributed by atoms with Gasteiger partial charge in [-0.3, -0.25) is 4.79 Å². The molecule has 0 spiro atoms. The zero-order valence-corrected chi connectivity index (χ0v) is 13.0. The molecule has 0 saturated heterocycles. The summed E-state index contributed by atoms with van der Waals surface area (Å²) in [6.07, 6.45) is 8.66. The zero-order chi connectivity index (χ0) is 15.4. The van der Waals surface area contributed by atoms with E-state index < -0.39 is 0 Å². The second kappa shape index (κ2) is 6.88. The molecule has 5 heteroatoms. The number of halogens is 1. The highest BCUT2D eigenvalue weighted by atomic mass is 35.5. The summed E-state index contributed by atoms with van der Waals surface area (Å²) in [4.78, 5) is 20.2. The van der Waals surface area contributed by atoms with E-state index in [1.807, 2.05) is 24.3 Å². The normalized spacial score (nSPS) is 15.9. The summed E-state index contributed by atoms with van der Waals surface area (Å²) in [5, 5.41) is 3.88. The van der Waals surface area contributed by atoms with Gasteiger partial charge >= 0.3 is 0 Å². The maximum Gasteiger partial charge on any atom is 0.225 e. The lowest BCUT2D eigenvalue weighted by atomic mass is 9.77. The van der Waals surface area contributed by atoms with Crippen LogP contribution in [0, 0.1) is 5.92 Å². The Morgan fingerprint density at radius 1 is 1.23 bits per heavy atom. The highest BCUT2D eigenvalue weighted by Gasteiger charge is 2.29. The molecule has 1 amide bonds. The molecule has 0 unspecified atom stereocenters. The number of nitrogens with zero attached hydrogens (tertiary/aromatic N) is 2. The van der Waals surface area contributed by atoms with E-state index in [-0.39, 0.29) is 11.9 Å². The van der Waals surface area contributed by atoms with Gasteiger partial charge in [0, 0.05) is 17.4 Å². The third-order valence-corrected chi connectivity index (χ3v) is 4.40. The third-order valence-electron chi connectivity index (χ3n) is 4.15. The fourth-order valence-corrected chi connectivity index (χ4v) is 2.87. The number of amides is 1. The van der Waals surface area contributed by atoms with Crippen molar-refractivity contribution in [3.63, 3.8) is 0 Å². The van der Waals surface area contributed by atoms with Crippen molar-refractivity contribution in [3.05, 3.63) is 59.1 Å². The van der Waals surface area contributed by atoms with Crippen LogP contribution in [0.15, 0.2) is 43.0 Å². The van der Waals surface area contributed by atoms with Gasteiger partial charge in [-0.15, -0.1) is 0 Å². The van der Waals surface area contributed by atoms with Crippen molar-refractivity contribution in [1.29, 1.82) is 0 Å². The minimum absolute atomic E-state index is 0.00153. The van der Waals surface area contributed by atoms with Gasteiger partial charge in [0.05, 0.1) is 12.5 Å². The summed E-state index contributed by atoms with van der Waals surface area (Å²) in [5.41, 5.74) is 1.94.